The Labute approximate surface area is 155 Å². The van der Waals surface area contributed by atoms with Gasteiger partial charge in [0.1, 0.15) is 0 Å². The molecule has 3 aliphatic rings. The van der Waals surface area contributed by atoms with Crippen molar-refractivity contribution >= 4 is 15.9 Å². The van der Waals surface area contributed by atoms with Gasteiger partial charge >= 0.3 is 0 Å². The van der Waals surface area contributed by atoms with Crippen LogP contribution in [0.2, 0.25) is 0 Å². The van der Waals surface area contributed by atoms with E-state index in [1.807, 2.05) is 11.8 Å². The number of carbonyl (C=O) groups excluding carboxylic acids is 1. The molecule has 3 fully saturated rings. The van der Waals surface area contributed by atoms with Crippen molar-refractivity contribution < 1.29 is 13.2 Å². The van der Waals surface area contributed by atoms with Crippen molar-refractivity contribution in [2.24, 2.45) is 5.41 Å². The summed E-state index contributed by atoms with van der Waals surface area (Å²) in [5.41, 5.74) is 1.68. The van der Waals surface area contributed by atoms with Gasteiger partial charge in [0.25, 0.3) is 5.91 Å². The van der Waals surface area contributed by atoms with E-state index in [9.17, 15) is 13.2 Å². The number of amides is 1. The first-order valence-electron chi connectivity index (χ1n) is 9.52. The zero-order valence-corrected chi connectivity index (χ0v) is 16.1. The number of sulfonamides is 1. The van der Waals surface area contributed by atoms with Gasteiger partial charge in [-0.25, -0.2) is 13.1 Å². The number of piperidine rings is 1. The summed E-state index contributed by atoms with van der Waals surface area (Å²) < 4.78 is 27.6. The smallest absolute Gasteiger partial charge is 0.254 e. The Kier molecular flexibility index (Phi) is 4.57. The Hall–Kier alpha value is -1.44. The lowest BCUT2D eigenvalue weighted by Crippen LogP contribution is -2.44. The predicted octanol–water partition coefficient (Wildman–Crippen LogP) is 1.65. The Morgan fingerprint density at radius 2 is 1.96 bits per heavy atom. The van der Waals surface area contributed by atoms with E-state index in [0.717, 1.165) is 57.4 Å². The quantitative estimate of drug-likeness (QED) is 0.836. The Bertz CT molecular complexity index is 801. The first-order valence-corrected chi connectivity index (χ1v) is 11.0. The molecule has 1 aromatic carbocycles. The summed E-state index contributed by atoms with van der Waals surface area (Å²) in [7, 11) is -3.55. The van der Waals surface area contributed by atoms with Crippen LogP contribution in [0.15, 0.2) is 23.1 Å². The maximum Gasteiger partial charge on any atom is 0.254 e. The highest BCUT2D eigenvalue weighted by Crippen LogP contribution is 2.37. The molecule has 0 atom stereocenters. The van der Waals surface area contributed by atoms with Crippen LogP contribution in [-0.2, 0) is 10.0 Å². The summed E-state index contributed by atoms with van der Waals surface area (Å²) in [6, 6.07) is 4.93. The lowest BCUT2D eigenvalue weighted by molar-refractivity contribution is 0.0606. The fraction of sp³-hybridized carbons (Fsp3) is 0.632. The third-order valence-corrected chi connectivity index (χ3v) is 7.61. The molecule has 0 radical (unpaired) electrons. The van der Waals surface area contributed by atoms with E-state index < -0.39 is 10.0 Å². The maximum absolute atomic E-state index is 13.0. The summed E-state index contributed by atoms with van der Waals surface area (Å²) in [5, 5.41) is 3.44. The number of nitrogens with zero attached hydrogens (tertiary/aromatic N) is 1. The molecule has 0 bridgehead atoms. The third kappa shape index (κ3) is 3.52. The van der Waals surface area contributed by atoms with Crippen LogP contribution in [0.5, 0.6) is 0 Å². The highest BCUT2D eigenvalue weighted by Gasteiger charge is 2.38. The average molecular weight is 378 g/mol. The van der Waals surface area contributed by atoms with Crippen LogP contribution in [0.1, 0.15) is 48.0 Å². The second-order valence-electron chi connectivity index (χ2n) is 8.09. The normalized spacial score (nSPS) is 22.7. The molecular formula is C19H27N3O3S. The van der Waals surface area contributed by atoms with Crippen LogP contribution >= 0.6 is 0 Å². The number of benzene rings is 1. The third-order valence-electron chi connectivity index (χ3n) is 6.09. The van der Waals surface area contributed by atoms with E-state index in [4.69, 9.17) is 0 Å². The molecule has 0 aromatic heterocycles. The molecule has 26 heavy (non-hydrogen) atoms. The lowest BCUT2D eigenvalue weighted by Gasteiger charge is -2.39. The maximum atomic E-state index is 13.0. The SMILES string of the molecule is Cc1ccc(S(=O)(=O)NC2CC2)cc1C(=O)N1CCC2(CCNC2)CC1. The molecule has 142 valence electrons. The number of hydrogen-bond donors (Lipinski definition) is 2. The summed E-state index contributed by atoms with van der Waals surface area (Å²) in [5.74, 6) is -0.0493. The van der Waals surface area contributed by atoms with E-state index in [-0.39, 0.29) is 16.8 Å². The highest BCUT2D eigenvalue weighted by atomic mass is 32.2. The van der Waals surface area contributed by atoms with E-state index >= 15 is 0 Å². The second kappa shape index (κ2) is 6.62. The zero-order valence-electron chi connectivity index (χ0n) is 15.3. The number of likely N-dealkylation sites (tertiary alicyclic amines) is 1. The molecule has 1 aromatic rings. The molecule has 4 rings (SSSR count). The van der Waals surface area contributed by atoms with Gasteiger partial charge in [-0.3, -0.25) is 4.79 Å². The van der Waals surface area contributed by atoms with Gasteiger partial charge in [-0.2, -0.15) is 0 Å². The van der Waals surface area contributed by atoms with Gasteiger partial charge < -0.3 is 10.2 Å². The van der Waals surface area contributed by atoms with Crippen LogP contribution < -0.4 is 10.0 Å². The topological polar surface area (TPSA) is 78.5 Å². The van der Waals surface area contributed by atoms with E-state index in [0.29, 0.717) is 11.0 Å². The van der Waals surface area contributed by atoms with Gasteiger partial charge in [-0.15, -0.1) is 0 Å². The molecular weight excluding hydrogens is 350 g/mol. The summed E-state index contributed by atoms with van der Waals surface area (Å²) in [4.78, 5) is 15.1. The molecule has 2 aliphatic heterocycles. The molecule has 2 saturated heterocycles. The first kappa shape index (κ1) is 17.9. The molecule has 1 aliphatic carbocycles. The molecule has 6 nitrogen and oxygen atoms in total. The van der Waals surface area contributed by atoms with Crippen molar-refractivity contribution in [3.8, 4) is 0 Å². The fourth-order valence-electron chi connectivity index (χ4n) is 4.06. The Morgan fingerprint density at radius 1 is 1.23 bits per heavy atom. The minimum Gasteiger partial charge on any atom is -0.339 e. The zero-order chi connectivity index (χ0) is 18.4. The number of carbonyl (C=O) groups is 1. The van der Waals surface area contributed by atoms with Crippen LogP contribution in [0, 0.1) is 12.3 Å². The number of aryl methyl sites for hydroxylation is 1. The summed E-state index contributed by atoms with van der Waals surface area (Å²) >= 11 is 0. The van der Waals surface area contributed by atoms with Gasteiger partial charge in [-0.05, 0) is 68.7 Å². The van der Waals surface area contributed by atoms with Gasteiger partial charge in [0.05, 0.1) is 4.90 Å². The monoisotopic (exact) mass is 377 g/mol. The van der Waals surface area contributed by atoms with Gasteiger partial charge in [-0.1, -0.05) is 6.07 Å². The Balaban J connectivity index is 1.51. The molecule has 2 N–H and O–H groups in total. The molecule has 1 saturated carbocycles. The summed E-state index contributed by atoms with van der Waals surface area (Å²) in [6.45, 7) is 5.48. The van der Waals surface area contributed by atoms with Gasteiger partial charge in [0.2, 0.25) is 10.0 Å². The minimum absolute atomic E-state index is 0.0493. The summed E-state index contributed by atoms with van der Waals surface area (Å²) in [6.07, 6.45) is 5.01. The van der Waals surface area contributed by atoms with E-state index in [1.165, 1.54) is 6.42 Å². The van der Waals surface area contributed by atoms with Crippen molar-refractivity contribution in [1.82, 2.24) is 14.9 Å². The van der Waals surface area contributed by atoms with Crippen LogP contribution in [0.4, 0.5) is 0 Å². The van der Waals surface area contributed by atoms with Crippen molar-refractivity contribution in [3.63, 3.8) is 0 Å². The van der Waals surface area contributed by atoms with Crippen molar-refractivity contribution in [3.05, 3.63) is 29.3 Å². The van der Waals surface area contributed by atoms with Crippen molar-refractivity contribution in [2.75, 3.05) is 26.2 Å². The fourth-order valence-corrected chi connectivity index (χ4v) is 5.39. The average Bonchev–Trinajstić information content (AvgIpc) is 3.31. The van der Waals surface area contributed by atoms with Crippen LogP contribution in [0.3, 0.4) is 0 Å². The molecule has 1 amide bonds. The molecule has 7 heteroatoms. The van der Waals surface area contributed by atoms with E-state index in [1.54, 1.807) is 18.2 Å². The standard InChI is InChI=1S/C19H27N3O3S/c1-14-2-5-16(26(24,25)21-15-3-4-15)12-17(14)18(23)22-10-7-19(8-11-22)6-9-20-13-19/h2,5,12,15,20-21H,3-4,6-11,13H2,1H3. The lowest BCUT2D eigenvalue weighted by atomic mass is 9.77. The van der Waals surface area contributed by atoms with Crippen molar-refractivity contribution in [2.45, 2.75) is 50.0 Å². The number of hydrogen-bond acceptors (Lipinski definition) is 4. The molecule has 0 unspecified atom stereocenters. The predicted molar refractivity (Wildman–Crippen MR) is 99.6 cm³/mol. The largest absolute Gasteiger partial charge is 0.339 e. The first-order chi connectivity index (χ1) is 12.4. The van der Waals surface area contributed by atoms with Crippen LogP contribution in [0.25, 0.3) is 0 Å². The Morgan fingerprint density at radius 3 is 2.58 bits per heavy atom. The van der Waals surface area contributed by atoms with Crippen LogP contribution in [-0.4, -0.2) is 51.4 Å². The number of nitrogens with one attached hydrogen (secondary N) is 2. The van der Waals surface area contributed by atoms with Gasteiger partial charge in [0, 0.05) is 31.2 Å². The van der Waals surface area contributed by atoms with E-state index in [2.05, 4.69) is 10.0 Å². The highest BCUT2D eigenvalue weighted by molar-refractivity contribution is 7.89. The van der Waals surface area contributed by atoms with Crippen molar-refractivity contribution in [1.29, 1.82) is 0 Å². The molecule has 2 heterocycles. The second-order valence-corrected chi connectivity index (χ2v) is 9.81. The number of rotatable bonds is 4. The van der Waals surface area contributed by atoms with Gasteiger partial charge in [0.15, 0.2) is 0 Å². The molecule has 1 spiro atoms. The minimum atomic E-state index is -3.55.